The van der Waals surface area contributed by atoms with Crippen LogP contribution in [-0.2, 0) is 9.53 Å². The van der Waals surface area contributed by atoms with E-state index < -0.39 is 6.23 Å². The van der Waals surface area contributed by atoms with Gasteiger partial charge in [-0.25, -0.2) is 4.98 Å². The fourth-order valence-corrected chi connectivity index (χ4v) is 3.86. The Labute approximate surface area is 185 Å². The molecule has 3 aromatic carbocycles. The number of pyridine rings is 1. The van der Waals surface area contributed by atoms with Gasteiger partial charge in [0.1, 0.15) is 5.75 Å². The summed E-state index contributed by atoms with van der Waals surface area (Å²) < 4.78 is 11.8. The molecule has 0 aliphatic carbocycles. The van der Waals surface area contributed by atoms with Gasteiger partial charge in [-0.15, -0.1) is 5.10 Å². The highest BCUT2D eigenvalue weighted by Crippen LogP contribution is 2.37. The molecule has 6 heteroatoms. The summed E-state index contributed by atoms with van der Waals surface area (Å²) >= 11 is 0. The maximum Gasteiger partial charge on any atom is 0.244 e. The Balaban J connectivity index is 1.65. The van der Waals surface area contributed by atoms with Crippen molar-refractivity contribution >= 4 is 22.7 Å². The number of hydrogen-bond donors (Lipinski definition) is 0. The third kappa shape index (κ3) is 3.46. The molecule has 32 heavy (non-hydrogen) atoms. The Morgan fingerprint density at radius 2 is 1.69 bits per heavy atom. The summed E-state index contributed by atoms with van der Waals surface area (Å²) in [7, 11) is 1.59. The van der Waals surface area contributed by atoms with Crippen molar-refractivity contribution in [3.05, 3.63) is 96.1 Å². The van der Waals surface area contributed by atoms with Crippen LogP contribution < -0.4 is 4.74 Å². The number of hydrogen-bond acceptors (Lipinski definition) is 5. The summed E-state index contributed by atoms with van der Waals surface area (Å²) in [6.45, 7) is 1.48. The van der Waals surface area contributed by atoms with Crippen LogP contribution in [-0.4, -0.2) is 28.9 Å². The first-order chi connectivity index (χ1) is 15.7. The van der Waals surface area contributed by atoms with Gasteiger partial charge in [-0.05, 0) is 24.3 Å². The number of hydrazone groups is 1. The molecule has 5 rings (SSSR count). The molecule has 1 aliphatic rings. The zero-order chi connectivity index (χ0) is 22.1. The van der Waals surface area contributed by atoms with Crippen molar-refractivity contribution in [1.82, 2.24) is 9.99 Å². The predicted octanol–water partition coefficient (Wildman–Crippen LogP) is 5.15. The lowest BCUT2D eigenvalue weighted by Crippen LogP contribution is -2.25. The average molecular weight is 423 g/mol. The summed E-state index contributed by atoms with van der Waals surface area (Å²) in [4.78, 5) is 17.4. The van der Waals surface area contributed by atoms with E-state index in [2.05, 4.69) is 5.10 Å². The van der Waals surface area contributed by atoms with E-state index in [4.69, 9.17) is 14.5 Å². The molecule has 0 saturated heterocycles. The maximum absolute atomic E-state index is 12.5. The zero-order valence-corrected chi connectivity index (χ0v) is 17.7. The highest BCUT2D eigenvalue weighted by molar-refractivity contribution is 5.99. The molecule has 0 N–H and O–H groups in total. The maximum atomic E-state index is 12.5. The van der Waals surface area contributed by atoms with E-state index in [0.717, 1.165) is 27.7 Å². The van der Waals surface area contributed by atoms with Gasteiger partial charge in [-0.3, -0.25) is 4.79 Å². The second-order valence-corrected chi connectivity index (χ2v) is 7.42. The third-order valence-corrected chi connectivity index (χ3v) is 5.39. The average Bonchev–Trinajstić information content (AvgIpc) is 3.29. The van der Waals surface area contributed by atoms with Crippen LogP contribution in [0.3, 0.4) is 0 Å². The molecule has 0 saturated carbocycles. The van der Waals surface area contributed by atoms with Gasteiger partial charge in [0.05, 0.1) is 23.9 Å². The van der Waals surface area contributed by atoms with Gasteiger partial charge in [0, 0.05) is 23.4 Å². The normalized spacial score (nSPS) is 15.4. The van der Waals surface area contributed by atoms with Crippen molar-refractivity contribution in [2.75, 3.05) is 7.11 Å². The Hall–Kier alpha value is -4.19. The van der Waals surface area contributed by atoms with Crippen LogP contribution in [0.15, 0.2) is 90.0 Å². The van der Waals surface area contributed by atoms with E-state index in [9.17, 15) is 4.79 Å². The smallest absolute Gasteiger partial charge is 0.244 e. The number of carbonyl (C=O) groups excluding carboxylic acids is 1. The number of para-hydroxylation sites is 2. The highest BCUT2D eigenvalue weighted by atomic mass is 16.5. The second kappa shape index (κ2) is 8.15. The molecule has 1 atom stereocenters. The largest absolute Gasteiger partial charge is 0.496 e. The molecule has 2 heterocycles. The number of carbonyl (C=O) groups is 1. The molecule has 0 radical (unpaired) electrons. The number of ether oxygens (including phenoxy) is 2. The number of amides is 1. The van der Waals surface area contributed by atoms with Gasteiger partial charge in [-0.2, -0.15) is 5.01 Å². The van der Waals surface area contributed by atoms with Gasteiger partial charge < -0.3 is 9.47 Å². The zero-order valence-electron chi connectivity index (χ0n) is 17.7. The minimum atomic E-state index is -0.720. The number of aromatic nitrogens is 1. The Bertz CT molecular complexity index is 1330. The van der Waals surface area contributed by atoms with E-state index in [-0.39, 0.29) is 5.91 Å². The van der Waals surface area contributed by atoms with Crippen LogP contribution in [0, 0.1) is 0 Å². The molecule has 4 aromatic rings. The van der Waals surface area contributed by atoms with E-state index in [1.165, 1.54) is 11.9 Å². The predicted molar refractivity (Wildman–Crippen MR) is 123 cm³/mol. The minimum Gasteiger partial charge on any atom is -0.496 e. The van der Waals surface area contributed by atoms with Crippen LogP contribution in [0.25, 0.3) is 22.2 Å². The van der Waals surface area contributed by atoms with E-state index in [0.29, 0.717) is 17.2 Å². The Morgan fingerprint density at radius 3 is 2.47 bits per heavy atom. The third-order valence-electron chi connectivity index (χ3n) is 5.39. The lowest BCUT2D eigenvalue weighted by Gasteiger charge is -2.21. The standard InChI is InChI=1S/C26H21N3O3/c1-17(30)29-26(32-25(28-29)20-13-7-9-15-24(20)31-2)21-16-23(18-10-4-3-5-11-18)27-22-14-8-6-12-19(21)22/h3-16,26H,1-2H3/t26-/m0/s1. The summed E-state index contributed by atoms with van der Waals surface area (Å²) in [6.07, 6.45) is -0.720. The van der Waals surface area contributed by atoms with Gasteiger partial charge in [-0.1, -0.05) is 60.7 Å². The summed E-state index contributed by atoms with van der Waals surface area (Å²) in [5.41, 5.74) is 4.11. The SMILES string of the molecule is COc1ccccc1C1=NN(C(C)=O)[C@H](c2cc(-c3ccccc3)nc3ccccc23)O1. The second-order valence-electron chi connectivity index (χ2n) is 7.42. The molecular weight excluding hydrogens is 402 g/mol. The quantitative estimate of drug-likeness (QED) is 0.455. The number of methoxy groups -OCH3 is 1. The minimum absolute atomic E-state index is 0.220. The van der Waals surface area contributed by atoms with Crippen molar-refractivity contribution in [3.63, 3.8) is 0 Å². The van der Waals surface area contributed by atoms with Gasteiger partial charge in [0.2, 0.25) is 18.0 Å². The van der Waals surface area contributed by atoms with Crippen LogP contribution in [0.1, 0.15) is 24.3 Å². The fourth-order valence-electron chi connectivity index (χ4n) is 3.86. The fraction of sp³-hybridized carbons (Fsp3) is 0.115. The lowest BCUT2D eigenvalue weighted by molar-refractivity contribution is -0.135. The molecule has 158 valence electrons. The lowest BCUT2D eigenvalue weighted by atomic mass is 10.0. The topological polar surface area (TPSA) is 64.0 Å². The molecule has 0 fully saturated rings. The molecule has 6 nitrogen and oxygen atoms in total. The molecule has 0 unspecified atom stereocenters. The van der Waals surface area contributed by atoms with Gasteiger partial charge >= 0.3 is 0 Å². The summed E-state index contributed by atoms with van der Waals surface area (Å²) in [6, 6.07) is 27.2. The van der Waals surface area contributed by atoms with E-state index in [1.54, 1.807) is 7.11 Å². The van der Waals surface area contributed by atoms with Crippen LogP contribution in [0.2, 0.25) is 0 Å². The summed E-state index contributed by atoms with van der Waals surface area (Å²) in [5, 5.41) is 6.79. The molecule has 1 aliphatic heterocycles. The molecule has 0 bridgehead atoms. The molecular formula is C26H21N3O3. The van der Waals surface area contributed by atoms with E-state index >= 15 is 0 Å². The highest BCUT2D eigenvalue weighted by Gasteiger charge is 2.35. The van der Waals surface area contributed by atoms with Crippen molar-refractivity contribution in [2.24, 2.45) is 5.10 Å². The number of benzene rings is 3. The Kier molecular flexibility index (Phi) is 5.03. The van der Waals surface area contributed by atoms with Crippen LogP contribution >= 0.6 is 0 Å². The first-order valence-electron chi connectivity index (χ1n) is 10.3. The van der Waals surface area contributed by atoms with Crippen molar-refractivity contribution in [2.45, 2.75) is 13.2 Å². The number of rotatable bonds is 4. The van der Waals surface area contributed by atoms with Crippen LogP contribution in [0.5, 0.6) is 5.75 Å². The van der Waals surface area contributed by atoms with Gasteiger partial charge in [0.25, 0.3) is 0 Å². The number of fused-ring (bicyclic) bond motifs is 1. The monoisotopic (exact) mass is 423 g/mol. The number of nitrogens with zero attached hydrogens (tertiary/aromatic N) is 3. The Morgan fingerprint density at radius 1 is 0.969 bits per heavy atom. The van der Waals surface area contributed by atoms with E-state index in [1.807, 2.05) is 84.9 Å². The van der Waals surface area contributed by atoms with Crippen molar-refractivity contribution < 1.29 is 14.3 Å². The van der Waals surface area contributed by atoms with Gasteiger partial charge in [0.15, 0.2) is 0 Å². The van der Waals surface area contributed by atoms with Crippen LogP contribution in [0.4, 0.5) is 0 Å². The summed E-state index contributed by atoms with van der Waals surface area (Å²) in [5.74, 6) is 0.742. The van der Waals surface area contributed by atoms with Crippen molar-refractivity contribution in [1.29, 1.82) is 0 Å². The van der Waals surface area contributed by atoms with Crippen molar-refractivity contribution in [3.8, 4) is 17.0 Å². The molecule has 0 spiro atoms. The first kappa shape index (κ1) is 19.8. The molecule has 1 aromatic heterocycles. The molecule has 1 amide bonds. The first-order valence-corrected chi connectivity index (χ1v) is 10.3.